The van der Waals surface area contributed by atoms with Crippen LogP contribution in [0.25, 0.3) is 0 Å². The molecule has 1 amide bonds. The number of hydrogen-bond donors (Lipinski definition) is 4. The van der Waals surface area contributed by atoms with Gasteiger partial charge in [-0.15, -0.1) is 12.4 Å². The fourth-order valence-corrected chi connectivity index (χ4v) is 4.84. The van der Waals surface area contributed by atoms with E-state index in [9.17, 15) is 15.0 Å². The van der Waals surface area contributed by atoms with Crippen molar-refractivity contribution < 1.29 is 15.0 Å². The molecule has 182 valence electrons. The second-order valence-corrected chi connectivity index (χ2v) is 9.55. The van der Waals surface area contributed by atoms with E-state index in [1.165, 1.54) is 24.5 Å². The zero-order valence-electron chi connectivity index (χ0n) is 20.0. The van der Waals surface area contributed by atoms with E-state index in [-0.39, 0.29) is 29.6 Å². The predicted molar refractivity (Wildman–Crippen MR) is 136 cm³/mol. The van der Waals surface area contributed by atoms with Gasteiger partial charge in [-0.2, -0.15) is 0 Å². The molecular weight excluding hydrogens is 436 g/mol. The van der Waals surface area contributed by atoms with Gasteiger partial charge in [0, 0.05) is 19.0 Å². The first-order valence-corrected chi connectivity index (χ1v) is 11.9. The van der Waals surface area contributed by atoms with Gasteiger partial charge < -0.3 is 20.8 Å². The third kappa shape index (κ3) is 7.46. The Bertz CT molecular complexity index is 896. The molecule has 0 spiro atoms. The molecule has 2 atom stereocenters. The molecule has 1 saturated carbocycles. The highest BCUT2D eigenvalue weighted by Crippen LogP contribution is 2.38. The first-order valence-electron chi connectivity index (χ1n) is 11.9. The van der Waals surface area contributed by atoms with Gasteiger partial charge in [-0.05, 0) is 54.0 Å². The van der Waals surface area contributed by atoms with Crippen molar-refractivity contribution in [1.29, 1.82) is 0 Å². The lowest BCUT2D eigenvalue weighted by atomic mass is 9.75. The van der Waals surface area contributed by atoms with Crippen LogP contribution >= 0.6 is 12.4 Å². The zero-order chi connectivity index (χ0) is 23.1. The number of nitrogens with one attached hydrogen (secondary N) is 2. The monoisotopic (exact) mass is 474 g/mol. The van der Waals surface area contributed by atoms with Crippen LogP contribution in [0.3, 0.4) is 0 Å². The van der Waals surface area contributed by atoms with Gasteiger partial charge in [0.05, 0.1) is 12.1 Å². The van der Waals surface area contributed by atoms with Crippen molar-refractivity contribution in [3.05, 3.63) is 65.2 Å². The summed E-state index contributed by atoms with van der Waals surface area (Å²) in [6.07, 6.45) is 5.33. The summed E-state index contributed by atoms with van der Waals surface area (Å²) in [5.74, 6) is 0.474. The van der Waals surface area contributed by atoms with Crippen molar-refractivity contribution in [3.8, 4) is 5.75 Å². The van der Waals surface area contributed by atoms with E-state index in [0.29, 0.717) is 18.9 Å². The normalized spacial score (nSPS) is 17.1. The second-order valence-electron chi connectivity index (χ2n) is 9.55. The Balaban J connectivity index is 0.00000385. The summed E-state index contributed by atoms with van der Waals surface area (Å²) < 4.78 is 0. The van der Waals surface area contributed by atoms with Crippen LogP contribution in [-0.2, 0) is 16.8 Å². The number of carbonyl (C=O) groups is 1. The molecule has 1 aliphatic carbocycles. The molecule has 0 aromatic heterocycles. The van der Waals surface area contributed by atoms with E-state index in [1.54, 1.807) is 18.2 Å². The average Bonchev–Trinajstić information content (AvgIpc) is 2.77. The first-order chi connectivity index (χ1) is 15.3. The number of phenols is 1. The summed E-state index contributed by atoms with van der Waals surface area (Å²) in [7, 11) is 0. The van der Waals surface area contributed by atoms with Crippen molar-refractivity contribution in [2.75, 3.05) is 6.54 Å². The maximum absolute atomic E-state index is 11.8. The SMILES string of the molecule is CC(=O)N[C@@H](Cc1cccc(O)c1)[C@H](O)CNC1(c2cccc(C(C)C)c2)CCCCC1.Cl. The number of carbonyl (C=O) groups excluding carboxylic acids is 1. The number of phenolic OH excluding ortho intramolecular Hbond substituents is 1. The smallest absolute Gasteiger partial charge is 0.217 e. The Hall–Kier alpha value is -2.08. The number of aliphatic hydroxyl groups excluding tert-OH is 1. The molecule has 1 fully saturated rings. The Morgan fingerprint density at radius 2 is 1.76 bits per heavy atom. The number of halogens is 1. The summed E-state index contributed by atoms with van der Waals surface area (Å²) in [6.45, 7) is 6.28. The fraction of sp³-hybridized carbons (Fsp3) is 0.519. The topological polar surface area (TPSA) is 81.6 Å². The molecule has 1 aliphatic rings. The lowest BCUT2D eigenvalue weighted by Crippen LogP contribution is -2.53. The minimum absolute atomic E-state index is 0. The minimum Gasteiger partial charge on any atom is -0.508 e. The van der Waals surface area contributed by atoms with Crippen LogP contribution in [0.5, 0.6) is 5.75 Å². The van der Waals surface area contributed by atoms with Crippen LogP contribution in [0.15, 0.2) is 48.5 Å². The third-order valence-corrected chi connectivity index (χ3v) is 6.68. The zero-order valence-corrected chi connectivity index (χ0v) is 20.8. The summed E-state index contributed by atoms with van der Waals surface area (Å²) >= 11 is 0. The Labute approximate surface area is 204 Å². The predicted octanol–water partition coefficient (Wildman–Crippen LogP) is 4.79. The van der Waals surface area contributed by atoms with Crippen LogP contribution in [0, 0.1) is 0 Å². The second kappa shape index (κ2) is 12.4. The van der Waals surface area contributed by atoms with Crippen LogP contribution < -0.4 is 10.6 Å². The van der Waals surface area contributed by atoms with E-state index in [4.69, 9.17) is 0 Å². The summed E-state index contributed by atoms with van der Waals surface area (Å²) in [5.41, 5.74) is 3.34. The molecular formula is C27H39ClN2O3. The number of aromatic hydroxyl groups is 1. The fourth-order valence-electron chi connectivity index (χ4n) is 4.84. The van der Waals surface area contributed by atoms with Gasteiger partial charge in [-0.1, -0.05) is 69.5 Å². The number of benzene rings is 2. The van der Waals surface area contributed by atoms with Crippen LogP contribution in [-0.4, -0.2) is 34.8 Å². The van der Waals surface area contributed by atoms with Gasteiger partial charge in [0.15, 0.2) is 0 Å². The van der Waals surface area contributed by atoms with Gasteiger partial charge in [0.25, 0.3) is 0 Å². The summed E-state index contributed by atoms with van der Waals surface area (Å²) in [6, 6.07) is 15.4. The van der Waals surface area contributed by atoms with Crippen LogP contribution in [0.1, 0.15) is 75.5 Å². The lowest BCUT2D eigenvalue weighted by molar-refractivity contribution is -0.120. The number of rotatable bonds is 9. The quantitative estimate of drug-likeness (QED) is 0.421. The van der Waals surface area contributed by atoms with E-state index >= 15 is 0 Å². The van der Waals surface area contributed by atoms with Gasteiger partial charge in [0.1, 0.15) is 5.75 Å². The van der Waals surface area contributed by atoms with Crippen molar-refractivity contribution in [2.45, 2.75) is 82.9 Å². The van der Waals surface area contributed by atoms with Crippen molar-refractivity contribution in [3.63, 3.8) is 0 Å². The lowest BCUT2D eigenvalue weighted by Gasteiger charge is -2.40. The van der Waals surface area contributed by atoms with Crippen LogP contribution in [0.2, 0.25) is 0 Å². The van der Waals surface area contributed by atoms with Gasteiger partial charge >= 0.3 is 0 Å². The molecule has 0 radical (unpaired) electrons. The molecule has 5 nitrogen and oxygen atoms in total. The summed E-state index contributed by atoms with van der Waals surface area (Å²) in [4.78, 5) is 11.8. The molecule has 33 heavy (non-hydrogen) atoms. The minimum atomic E-state index is -0.756. The van der Waals surface area contributed by atoms with Gasteiger partial charge in [-0.3, -0.25) is 4.79 Å². The molecule has 3 rings (SSSR count). The highest BCUT2D eigenvalue weighted by molar-refractivity contribution is 5.85. The maximum atomic E-state index is 11.8. The molecule has 2 aromatic carbocycles. The van der Waals surface area contributed by atoms with Crippen molar-refractivity contribution in [2.24, 2.45) is 0 Å². The van der Waals surface area contributed by atoms with Crippen molar-refractivity contribution in [1.82, 2.24) is 10.6 Å². The Kier molecular flexibility index (Phi) is 10.2. The molecule has 0 saturated heterocycles. The molecule has 0 heterocycles. The van der Waals surface area contributed by atoms with E-state index in [1.807, 2.05) is 6.07 Å². The molecule has 0 aliphatic heterocycles. The molecule has 6 heteroatoms. The standard InChI is InChI=1S/C27H38N2O3.ClH/c1-19(2)22-10-8-11-23(17-22)27(13-5-4-6-14-27)28-18-26(32)25(29-20(3)30)16-21-9-7-12-24(31)15-21;/h7-12,15,17,19,25-26,28,31-32H,4-6,13-14,16,18H2,1-3H3,(H,29,30);1H/t25-,26+;/m0./s1. The Morgan fingerprint density at radius 1 is 1.06 bits per heavy atom. The van der Waals surface area contributed by atoms with Crippen LogP contribution in [0.4, 0.5) is 0 Å². The number of aliphatic hydroxyl groups is 1. The first kappa shape index (κ1) is 27.2. The van der Waals surface area contributed by atoms with E-state index in [2.05, 4.69) is 48.7 Å². The molecule has 2 aromatic rings. The molecule has 0 bridgehead atoms. The van der Waals surface area contributed by atoms with E-state index < -0.39 is 12.1 Å². The number of hydrogen-bond acceptors (Lipinski definition) is 4. The highest BCUT2D eigenvalue weighted by atomic mass is 35.5. The third-order valence-electron chi connectivity index (χ3n) is 6.68. The van der Waals surface area contributed by atoms with Gasteiger partial charge in [-0.25, -0.2) is 0 Å². The average molecular weight is 475 g/mol. The highest BCUT2D eigenvalue weighted by Gasteiger charge is 2.35. The summed E-state index contributed by atoms with van der Waals surface area (Å²) in [5, 5.41) is 27.5. The number of amides is 1. The largest absolute Gasteiger partial charge is 0.508 e. The van der Waals surface area contributed by atoms with Gasteiger partial charge in [0.2, 0.25) is 5.91 Å². The Morgan fingerprint density at radius 3 is 2.39 bits per heavy atom. The maximum Gasteiger partial charge on any atom is 0.217 e. The van der Waals surface area contributed by atoms with E-state index in [0.717, 1.165) is 31.2 Å². The molecule has 0 unspecified atom stereocenters. The molecule has 4 N–H and O–H groups in total. The van der Waals surface area contributed by atoms with Crippen molar-refractivity contribution >= 4 is 18.3 Å².